The van der Waals surface area contributed by atoms with Gasteiger partial charge in [0.25, 0.3) is 0 Å². The summed E-state index contributed by atoms with van der Waals surface area (Å²) in [6.07, 6.45) is 3.06. The first kappa shape index (κ1) is 25.2. The molecule has 1 aromatic carbocycles. The zero-order chi connectivity index (χ0) is 19.9. The van der Waals surface area contributed by atoms with Gasteiger partial charge in [0, 0.05) is 38.6 Å². The summed E-state index contributed by atoms with van der Waals surface area (Å²) in [6, 6.07) is 8.58. The molecule has 1 aromatic rings. The molecule has 1 aliphatic rings. The highest BCUT2D eigenvalue weighted by molar-refractivity contribution is 14.0. The van der Waals surface area contributed by atoms with Crippen molar-refractivity contribution < 1.29 is 8.42 Å². The topological polar surface area (TPSA) is 73.8 Å². The summed E-state index contributed by atoms with van der Waals surface area (Å²) in [4.78, 5) is 4.75. The van der Waals surface area contributed by atoms with Gasteiger partial charge in [0.1, 0.15) is 0 Å². The Bertz CT molecular complexity index is 731. The van der Waals surface area contributed by atoms with Crippen LogP contribution in [0.3, 0.4) is 0 Å². The molecule has 28 heavy (non-hydrogen) atoms. The molecule has 0 bridgehead atoms. The van der Waals surface area contributed by atoms with E-state index in [2.05, 4.69) is 55.7 Å². The van der Waals surface area contributed by atoms with Crippen molar-refractivity contribution >= 4 is 40.0 Å². The summed E-state index contributed by atoms with van der Waals surface area (Å²) in [5.41, 5.74) is 2.58. The van der Waals surface area contributed by atoms with Crippen molar-refractivity contribution in [2.24, 2.45) is 10.9 Å². The van der Waals surface area contributed by atoms with Crippen LogP contribution in [0.5, 0.6) is 0 Å². The van der Waals surface area contributed by atoms with E-state index in [4.69, 9.17) is 4.99 Å². The molecule has 0 amide bonds. The molecule has 1 unspecified atom stereocenters. The largest absolute Gasteiger partial charge is 0.357 e. The van der Waals surface area contributed by atoms with Crippen molar-refractivity contribution in [3.05, 3.63) is 35.4 Å². The molecule has 0 saturated carbocycles. The zero-order valence-electron chi connectivity index (χ0n) is 17.4. The summed E-state index contributed by atoms with van der Waals surface area (Å²) >= 11 is 0. The number of guanidine groups is 1. The van der Waals surface area contributed by atoms with E-state index >= 15 is 0 Å². The molecule has 2 N–H and O–H groups in total. The lowest BCUT2D eigenvalue weighted by Gasteiger charge is -2.30. The Morgan fingerprint density at radius 1 is 1.29 bits per heavy atom. The average Bonchev–Trinajstić information content (AvgIpc) is 2.63. The van der Waals surface area contributed by atoms with E-state index in [9.17, 15) is 8.42 Å². The van der Waals surface area contributed by atoms with Gasteiger partial charge in [-0.25, -0.2) is 12.7 Å². The van der Waals surface area contributed by atoms with Gasteiger partial charge in [-0.05, 0) is 38.2 Å². The number of nitrogens with one attached hydrogen (secondary N) is 2. The highest BCUT2D eigenvalue weighted by Crippen LogP contribution is 2.19. The minimum atomic E-state index is -3.06. The van der Waals surface area contributed by atoms with Crippen LogP contribution in [0.15, 0.2) is 29.3 Å². The van der Waals surface area contributed by atoms with Gasteiger partial charge in [-0.3, -0.25) is 4.99 Å². The Labute approximate surface area is 187 Å². The second-order valence-electron chi connectivity index (χ2n) is 7.52. The minimum absolute atomic E-state index is 0. The van der Waals surface area contributed by atoms with Crippen LogP contribution in [-0.4, -0.2) is 57.7 Å². The standard InChI is InChI=1S/C20H34N4O2S.HI/c1-5-21-20(22-14-17(3)19-8-6-7-16(2)13-19)23-15-18-9-11-24(12-10-18)27(4,25)26;/h6-8,13,17-18H,5,9-12,14-15H2,1-4H3,(H2,21,22,23);1H. The van der Waals surface area contributed by atoms with Crippen molar-refractivity contribution in [2.75, 3.05) is 39.0 Å². The number of nitrogens with zero attached hydrogens (tertiary/aromatic N) is 2. The Balaban J connectivity index is 0.00000392. The van der Waals surface area contributed by atoms with Crippen LogP contribution in [-0.2, 0) is 10.0 Å². The van der Waals surface area contributed by atoms with E-state index in [-0.39, 0.29) is 24.0 Å². The number of piperidine rings is 1. The summed E-state index contributed by atoms with van der Waals surface area (Å²) < 4.78 is 24.8. The summed E-state index contributed by atoms with van der Waals surface area (Å²) in [7, 11) is -3.06. The molecule has 2 rings (SSSR count). The zero-order valence-corrected chi connectivity index (χ0v) is 20.6. The molecule has 1 heterocycles. The molecular formula is C20H35IN4O2S. The molecule has 1 saturated heterocycles. The van der Waals surface area contributed by atoms with Crippen molar-refractivity contribution in [1.29, 1.82) is 0 Å². The quantitative estimate of drug-likeness (QED) is 0.328. The first-order chi connectivity index (χ1) is 12.8. The van der Waals surface area contributed by atoms with Gasteiger partial charge >= 0.3 is 0 Å². The van der Waals surface area contributed by atoms with E-state index in [1.165, 1.54) is 17.4 Å². The van der Waals surface area contributed by atoms with E-state index in [1.54, 1.807) is 4.31 Å². The van der Waals surface area contributed by atoms with Gasteiger partial charge in [-0.1, -0.05) is 36.8 Å². The number of halogens is 1. The van der Waals surface area contributed by atoms with Crippen LogP contribution in [0.25, 0.3) is 0 Å². The van der Waals surface area contributed by atoms with Gasteiger partial charge in [0.05, 0.1) is 6.26 Å². The maximum absolute atomic E-state index is 11.6. The van der Waals surface area contributed by atoms with Crippen molar-refractivity contribution in [2.45, 2.75) is 39.5 Å². The van der Waals surface area contributed by atoms with Gasteiger partial charge in [-0.15, -0.1) is 24.0 Å². The Morgan fingerprint density at radius 3 is 2.54 bits per heavy atom. The molecule has 0 aromatic heterocycles. The fourth-order valence-electron chi connectivity index (χ4n) is 3.34. The third kappa shape index (κ3) is 8.24. The fourth-order valence-corrected chi connectivity index (χ4v) is 4.21. The molecule has 160 valence electrons. The third-order valence-electron chi connectivity index (χ3n) is 5.08. The maximum atomic E-state index is 11.6. The summed E-state index contributed by atoms with van der Waals surface area (Å²) in [5.74, 6) is 1.67. The molecular weight excluding hydrogens is 487 g/mol. The minimum Gasteiger partial charge on any atom is -0.357 e. The van der Waals surface area contributed by atoms with Crippen molar-refractivity contribution in [1.82, 2.24) is 14.9 Å². The molecule has 8 heteroatoms. The van der Waals surface area contributed by atoms with Crippen LogP contribution in [0.1, 0.15) is 43.7 Å². The number of sulfonamides is 1. The predicted molar refractivity (Wildman–Crippen MR) is 128 cm³/mol. The fraction of sp³-hybridized carbons (Fsp3) is 0.650. The number of rotatable bonds is 7. The van der Waals surface area contributed by atoms with Crippen LogP contribution >= 0.6 is 24.0 Å². The van der Waals surface area contributed by atoms with Crippen LogP contribution in [0.4, 0.5) is 0 Å². The van der Waals surface area contributed by atoms with E-state index in [1.807, 2.05) is 0 Å². The normalized spacial score (nSPS) is 17.6. The monoisotopic (exact) mass is 522 g/mol. The lowest BCUT2D eigenvalue weighted by atomic mass is 9.98. The third-order valence-corrected chi connectivity index (χ3v) is 6.38. The van der Waals surface area contributed by atoms with Gasteiger partial charge in [0.15, 0.2) is 5.96 Å². The van der Waals surface area contributed by atoms with E-state index < -0.39 is 10.0 Å². The molecule has 0 radical (unpaired) electrons. The SMILES string of the molecule is CCNC(=NCC(C)c1cccc(C)c1)NCC1CCN(S(C)(=O)=O)CC1.I. The smallest absolute Gasteiger partial charge is 0.211 e. The van der Waals surface area contributed by atoms with E-state index in [0.717, 1.165) is 38.4 Å². The number of benzene rings is 1. The second-order valence-corrected chi connectivity index (χ2v) is 9.50. The highest BCUT2D eigenvalue weighted by Gasteiger charge is 2.24. The lowest BCUT2D eigenvalue weighted by molar-refractivity contribution is 0.275. The number of aryl methyl sites for hydroxylation is 1. The predicted octanol–water partition coefficient (Wildman–Crippen LogP) is 2.94. The first-order valence-corrected chi connectivity index (χ1v) is 11.7. The number of hydrogen-bond acceptors (Lipinski definition) is 3. The highest BCUT2D eigenvalue weighted by atomic mass is 127. The Hall–Kier alpha value is -0.870. The van der Waals surface area contributed by atoms with Crippen molar-refractivity contribution in [3.63, 3.8) is 0 Å². The second kappa shape index (κ2) is 12.0. The number of aliphatic imine (C=N–C) groups is 1. The molecule has 0 spiro atoms. The van der Waals surface area contributed by atoms with E-state index in [0.29, 0.717) is 24.9 Å². The molecule has 6 nitrogen and oxygen atoms in total. The summed E-state index contributed by atoms with van der Waals surface area (Å²) in [5, 5.41) is 6.74. The van der Waals surface area contributed by atoms with Gasteiger partial charge < -0.3 is 10.6 Å². The van der Waals surface area contributed by atoms with Crippen molar-refractivity contribution in [3.8, 4) is 0 Å². The van der Waals surface area contributed by atoms with Gasteiger partial charge in [0.2, 0.25) is 10.0 Å². The van der Waals surface area contributed by atoms with Crippen LogP contribution in [0.2, 0.25) is 0 Å². The first-order valence-electron chi connectivity index (χ1n) is 9.83. The molecule has 1 atom stereocenters. The Kier molecular flexibility index (Phi) is 10.8. The Morgan fingerprint density at radius 2 is 1.96 bits per heavy atom. The molecule has 1 fully saturated rings. The number of hydrogen-bond donors (Lipinski definition) is 2. The average molecular weight is 522 g/mol. The van der Waals surface area contributed by atoms with Crippen LogP contribution in [0, 0.1) is 12.8 Å². The molecule has 0 aliphatic carbocycles. The molecule has 1 aliphatic heterocycles. The lowest BCUT2D eigenvalue weighted by Crippen LogP contribution is -2.44. The maximum Gasteiger partial charge on any atom is 0.211 e. The van der Waals surface area contributed by atoms with Crippen LogP contribution < -0.4 is 10.6 Å². The summed E-state index contributed by atoms with van der Waals surface area (Å²) in [6.45, 7) is 9.96. The van der Waals surface area contributed by atoms with Gasteiger partial charge in [-0.2, -0.15) is 0 Å².